The van der Waals surface area contributed by atoms with Crippen molar-refractivity contribution < 1.29 is 9.59 Å². The third-order valence-electron chi connectivity index (χ3n) is 3.87. The molecular formula is C17H16N2O2. The van der Waals surface area contributed by atoms with Gasteiger partial charge in [-0.05, 0) is 24.1 Å². The number of aromatic nitrogens is 1. The van der Waals surface area contributed by atoms with E-state index in [9.17, 15) is 9.59 Å². The Hall–Kier alpha value is -2.49. The number of nitrogens with zero attached hydrogens (tertiary/aromatic N) is 1. The fourth-order valence-electron chi connectivity index (χ4n) is 2.92. The molecule has 0 saturated carbocycles. The monoisotopic (exact) mass is 280 g/mol. The summed E-state index contributed by atoms with van der Waals surface area (Å²) in [5, 5.41) is 2.45. The first-order chi connectivity index (χ1) is 10.1. The SMILES string of the molecule is Cc1cccc(C2C(=O)NC(=O)CC2c2cccnc2)c1. The molecule has 0 aliphatic carbocycles. The van der Waals surface area contributed by atoms with Crippen molar-refractivity contribution in [3.63, 3.8) is 0 Å². The van der Waals surface area contributed by atoms with E-state index in [2.05, 4.69) is 10.3 Å². The summed E-state index contributed by atoms with van der Waals surface area (Å²) in [6, 6.07) is 11.6. The van der Waals surface area contributed by atoms with Gasteiger partial charge in [-0.2, -0.15) is 0 Å². The van der Waals surface area contributed by atoms with E-state index in [0.29, 0.717) is 6.42 Å². The third kappa shape index (κ3) is 2.70. The summed E-state index contributed by atoms with van der Waals surface area (Å²) in [7, 11) is 0. The second-order valence-corrected chi connectivity index (χ2v) is 5.40. The molecule has 0 spiro atoms. The first-order valence-corrected chi connectivity index (χ1v) is 6.95. The zero-order valence-electron chi connectivity index (χ0n) is 11.7. The summed E-state index contributed by atoms with van der Waals surface area (Å²) >= 11 is 0. The molecule has 1 aliphatic heterocycles. The van der Waals surface area contributed by atoms with Crippen LogP contribution in [0.3, 0.4) is 0 Å². The second kappa shape index (κ2) is 5.48. The molecule has 1 aromatic carbocycles. The maximum atomic E-state index is 12.3. The molecule has 21 heavy (non-hydrogen) atoms. The first kappa shape index (κ1) is 13.5. The number of pyridine rings is 1. The van der Waals surface area contributed by atoms with Crippen LogP contribution in [0.4, 0.5) is 0 Å². The Bertz CT molecular complexity index is 682. The number of nitrogens with one attached hydrogen (secondary N) is 1. The van der Waals surface area contributed by atoms with Gasteiger partial charge in [-0.3, -0.25) is 19.9 Å². The van der Waals surface area contributed by atoms with E-state index in [4.69, 9.17) is 0 Å². The minimum absolute atomic E-state index is 0.165. The van der Waals surface area contributed by atoms with Crippen LogP contribution in [0.25, 0.3) is 0 Å². The fraction of sp³-hybridized carbons (Fsp3) is 0.235. The number of carbonyl (C=O) groups is 2. The van der Waals surface area contributed by atoms with E-state index in [0.717, 1.165) is 16.7 Å². The van der Waals surface area contributed by atoms with E-state index in [1.807, 2.05) is 43.3 Å². The van der Waals surface area contributed by atoms with Crippen LogP contribution in [0.5, 0.6) is 0 Å². The van der Waals surface area contributed by atoms with Crippen molar-refractivity contribution in [1.82, 2.24) is 10.3 Å². The highest BCUT2D eigenvalue weighted by atomic mass is 16.2. The third-order valence-corrected chi connectivity index (χ3v) is 3.87. The van der Waals surface area contributed by atoms with E-state index < -0.39 is 0 Å². The summed E-state index contributed by atoms with van der Waals surface area (Å²) in [5.74, 6) is -0.975. The van der Waals surface area contributed by atoms with Gasteiger partial charge < -0.3 is 0 Å². The molecule has 2 aromatic rings. The van der Waals surface area contributed by atoms with Crippen LogP contribution in [0, 0.1) is 6.92 Å². The van der Waals surface area contributed by atoms with Gasteiger partial charge in [0.05, 0.1) is 5.92 Å². The number of aryl methyl sites for hydroxylation is 1. The average molecular weight is 280 g/mol. The Morgan fingerprint density at radius 1 is 1.14 bits per heavy atom. The molecule has 1 aromatic heterocycles. The Labute approximate surface area is 123 Å². The molecule has 106 valence electrons. The first-order valence-electron chi connectivity index (χ1n) is 6.95. The smallest absolute Gasteiger partial charge is 0.234 e. The lowest BCUT2D eigenvalue weighted by atomic mass is 9.77. The molecular weight excluding hydrogens is 264 g/mol. The molecule has 0 radical (unpaired) electrons. The lowest BCUT2D eigenvalue weighted by Crippen LogP contribution is -2.43. The molecule has 1 saturated heterocycles. The minimum Gasteiger partial charge on any atom is -0.296 e. The molecule has 2 amide bonds. The predicted octanol–water partition coefficient (Wildman–Crippen LogP) is 2.30. The Kier molecular flexibility index (Phi) is 3.52. The molecule has 2 unspecified atom stereocenters. The van der Waals surface area contributed by atoms with Crippen LogP contribution in [0.1, 0.15) is 34.9 Å². The normalized spacial score (nSPS) is 22.0. The Morgan fingerprint density at radius 2 is 1.95 bits per heavy atom. The molecule has 4 heteroatoms. The van der Waals surface area contributed by atoms with Gasteiger partial charge in [0.15, 0.2) is 0 Å². The number of rotatable bonds is 2. The maximum Gasteiger partial charge on any atom is 0.234 e. The molecule has 1 N–H and O–H groups in total. The summed E-state index contributed by atoms with van der Waals surface area (Å²) in [6.45, 7) is 1.99. The highest BCUT2D eigenvalue weighted by Crippen LogP contribution is 2.38. The van der Waals surface area contributed by atoms with Gasteiger partial charge in [-0.25, -0.2) is 0 Å². The summed E-state index contributed by atoms with van der Waals surface area (Å²) in [4.78, 5) is 28.2. The lowest BCUT2D eigenvalue weighted by Gasteiger charge is -2.30. The zero-order valence-corrected chi connectivity index (χ0v) is 11.7. The quantitative estimate of drug-likeness (QED) is 0.859. The van der Waals surface area contributed by atoms with E-state index in [1.165, 1.54) is 0 Å². The van der Waals surface area contributed by atoms with Crippen LogP contribution in [0.15, 0.2) is 48.8 Å². The van der Waals surface area contributed by atoms with Crippen LogP contribution in [-0.4, -0.2) is 16.8 Å². The highest BCUT2D eigenvalue weighted by Gasteiger charge is 2.37. The topological polar surface area (TPSA) is 59.1 Å². The van der Waals surface area contributed by atoms with Crippen molar-refractivity contribution in [3.8, 4) is 0 Å². The van der Waals surface area contributed by atoms with Gasteiger partial charge in [-0.15, -0.1) is 0 Å². The van der Waals surface area contributed by atoms with Crippen LogP contribution < -0.4 is 5.32 Å². The number of hydrogen-bond donors (Lipinski definition) is 1. The predicted molar refractivity (Wildman–Crippen MR) is 78.7 cm³/mol. The highest BCUT2D eigenvalue weighted by molar-refractivity contribution is 6.02. The number of carbonyl (C=O) groups excluding carboxylic acids is 2. The van der Waals surface area contributed by atoms with Gasteiger partial charge in [0, 0.05) is 24.7 Å². The number of benzene rings is 1. The summed E-state index contributed by atoms with van der Waals surface area (Å²) in [6.07, 6.45) is 3.73. The fourth-order valence-corrected chi connectivity index (χ4v) is 2.92. The van der Waals surface area contributed by atoms with Crippen molar-refractivity contribution in [3.05, 3.63) is 65.5 Å². The van der Waals surface area contributed by atoms with Gasteiger partial charge in [0.2, 0.25) is 11.8 Å². The van der Waals surface area contributed by atoms with Gasteiger partial charge in [-0.1, -0.05) is 35.9 Å². The molecule has 0 bridgehead atoms. The second-order valence-electron chi connectivity index (χ2n) is 5.40. The minimum atomic E-state index is -0.355. The number of hydrogen-bond acceptors (Lipinski definition) is 3. The largest absolute Gasteiger partial charge is 0.296 e. The molecule has 2 atom stereocenters. The van der Waals surface area contributed by atoms with Gasteiger partial charge in [0.1, 0.15) is 0 Å². The number of imide groups is 1. The van der Waals surface area contributed by atoms with Crippen molar-refractivity contribution in [2.75, 3.05) is 0 Å². The van der Waals surface area contributed by atoms with Crippen molar-refractivity contribution in [2.45, 2.75) is 25.2 Å². The van der Waals surface area contributed by atoms with Gasteiger partial charge in [0.25, 0.3) is 0 Å². The van der Waals surface area contributed by atoms with E-state index in [-0.39, 0.29) is 23.7 Å². The Morgan fingerprint density at radius 3 is 2.67 bits per heavy atom. The molecule has 4 nitrogen and oxygen atoms in total. The summed E-state index contributed by atoms with van der Waals surface area (Å²) < 4.78 is 0. The molecule has 1 aliphatic rings. The van der Waals surface area contributed by atoms with Crippen molar-refractivity contribution in [2.24, 2.45) is 0 Å². The van der Waals surface area contributed by atoms with E-state index >= 15 is 0 Å². The van der Waals surface area contributed by atoms with Crippen LogP contribution >= 0.6 is 0 Å². The van der Waals surface area contributed by atoms with Crippen molar-refractivity contribution >= 4 is 11.8 Å². The Balaban J connectivity index is 2.05. The zero-order chi connectivity index (χ0) is 14.8. The van der Waals surface area contributed by atoms with Crippen molar-refractivity contribution in [1.29, 1.82) is 0 Å². The molecule has 3 rings (SSSR count). The number of piperidine rings is 1. The molecule has 1 fully saturated rings. The van der Waals surface area contributed by atoms with Crippen LogP contribution in [0.2, 0.25) is 0 Å². The number of amides is 2. The summed E-state index contributed by atoms with van der Waals surface area (Å²) in [5.41, 5.74) is 2.96. The average Bonchev–Trinajstić information content (AvgIpc) is 2.47. The van der Waals surface area contributed by atoms with Crippen LogP contribution in [-0.2, 0) is 9.59 Å². The molecule has 2 heterocycles. The lowest BCUT2D eigenvalue weighted by molar-refractivity contribution is -0.135. The maximum absolute atomic E-state index is 12.3. The van der Waals surface area contributed by atoms with Gasteiger partial charge >= 0.3 is 0 Å². The van der Waals surface area contributed by atoms with E-state index in [1.54, 1.807) is 12.4 Å². The standard InChI is InChI=1S/C17H16N2O2/c1-11-4-2-5-12(8-11)16-14(9-15(20)19-17(16)21)13-6-3-7-18-10-13/h2-8,10,14,16H,9H2,1H3,(H,19,20,21).